The zero-order valence-corrected chi connectivity index (χ0v) is 19.8. The Morgan fingerprint density at radius 2 is 2.06 bits per heavy atom. The summed E-state index contributed by atoms with van der Waals surface area (Å²) in [6.45, 7) is 6.90. The van der Waals surface area contributed by atoms with Crippen LogP contribution in [-0.4, -0.2) is 66.5 Å². The Labute approximate surface area is 199 Å². The molecule has 0 aromatic heterocycles. The minimum atomic E-state index is -0.726. The standard InChI is InChI=1S/C27H30N2O5/c1-5-13-33-21-8-6-7-18(16-21)24-23(26(31)27(32)29(24)12-11-28(3)4)25(30)19-9-10-22-20(15-19)14-17(2)34-22/h5-10,15-17,24,30H,1,11-14H2,2-4H3/t17-,24+/m1/s1. The van der Waals surface area contributed by atoms with Crippen molar-refractivity contribution >= 4 is 17.4 Å². The minimum Gasteiger partial charge on any atom is -0.507 e. The van der Waals surface area contributed by atoms with Crippen molar-refractivity contribution in [2.45, 2.75) is 25.5 Å². The molecule has 34 heavy (non-hydrogen) atoms. The predicted octanol–water partition coefficient (Wildman–Crippen LogP) is 3.56. The van der Waals surface area contributed by atoms with Crippen LogP contribution in [0.25, 0.3) is 5.76 Å². The fraction of sp³-hybridized carbons (Fsp3) is 0.333. The molecule has 2 atom stereocenters. The number of rotatable bonds is 8. The third kappa shape index (κ3) is 4.56. The van der Waals surface area contributed by atoms with Crippen LogP contribution >= 0.6 is 0 Å². The second-order valence-corrected chi connectivity index (χ2v) is 8.92. The van der Waals surface area contributed by atoms with Crippen LogP contribution in [0.2, 0.25) is 0 Å². The van der Waals surface area contributed by atoms with Crippen LogP contribution in [-0.2, 0) is 16.0 Å². The van der Waals surface area contributed by atoms with E-state index >= 15 is 0 Å². The van der Waals surface area contributed by atoms with Gasteiger partial charge in [0.15, 0.2) is 0 Å². The highest BCUT2D eigenvalue weighted by atomic mass is 16.5. The molecule has 0 bridgehead atoms. The number of nitrogens with zero attached hydrogens (tertiary/aromatic N) is 2. The van der Waals surface area contributed by atoms with Gasteiger partial charge in [0.25, 0.3) is 11.7 Å². The van der Waals surface area contributed by atoms with E-state index in [0.29, 0.717) is 36.6 Å². The van der Waals surface area contributed by atoms with Crippen LogP contribution in [0.4, 0.5) is 0 Å². The van der Waals surface area contributed by atoms with Gasteiger partial charge in [0.05, 0.1) is 11.6 Å². The number of aliphatic hydroxyl groups is 1. The van der Waals surface area contributed by atoms with Crippen molar-refractivity contribution in [2.24, 2.45) is 0 Å². The molecule has 0 aliphatic carbocycles. The average molecular weight is 463 g/mol. The van der Waals surface area contributed by atoms with E-state index in [0.717, 1.165) is 17.7 Å². The first-order valence-electron chi connectivity index (χ1n) is 11.4. The molecular weight excluding hydrogens is 432 g/mol. The maximum atomic E-state index is 13.2. The largest absolute Gasteiger partial charge is 0.507 e. The number of carbonyl (C=O) groups excluding carboxylic acids is 2. The normalized spacial score (nSPS) is 21.0. The second-order valence-electron chi connectivity index (χ2n) is 8.92. The fourth-order valence-electron chi connectivity index (χ4n) is 4.42. The lowest BCUT2D eigenvalue weighted by Crippen LogP contribution is -2.35. The number of likely N-dealkylation sites (N-methyl/N-ethyl adjacent to an activating group) is 1. The van der Waals surface area contributed by atoms with Crippen molar-refractivity contribution < 1.29 is 24.2 Å². The summed E-state index contributed by atoms with van der Waals surface area (Å²) >= 11 is 0. The zero-order chi connectivity index (χ0) is 24.4. The predicted molar refractivity (Wildman–Crippen MR) is 130 cm³/mol. The molecule has 1 saturated heterocycles. The highest BCUT2D eigenvalue weighted by Crippen LogP contribution is 2.41. The molecule has 2 aromatic carbocycles. The number of likely N-dealkylation sites (tertiary alicyclic amines) is 1. The lowest BCUT2D eigenvalue weighted by Gasteiger charge is -2.27. The number of ketones is 1. The number of hydrogen-bond donors (Lipinski definition) is 1. The summed E-state index contributed by atoms with van der Waals surface area (Å²) in [6, 6.07) is 11.9. The molecule has 2 aromatic rings. The number of aliphatic hydroxyl groups excluding tert-OH is 1. The Kier molecular flexibility index (Phi) is 6.75. The number of Topliss-reactive ketones (excluding diaryl/α,β-unsaturated/α-hetero) is 1. The van der Waals surface area contributed by atoms with E-state index in [4.69, 9.17) is 9.47 Å². The molecule has 2 aliphatic heterocycles. The molecule has 4 rings (SSSR count). The van der Waals surface area contributed by atoms with E-state index in [-0.39, 0.29) is 17.4 Å². The van der Waals surface area contributed by atoms with Gasteiger partial charge in [-0.05, 0) is 62.5 Å². The number of amides is 1. The number of carbonyl (C=O) groups is 2. The molecule has 7 heteroatoms. The Balaban J connectivity index is 1.80. The maximum absolute atomic E-state index is 13.2. The second kappa shape index (κ2) is 9.73. The van der Waals surface area contributed by atoms with E-state index < -0.39 is 17.7 Å². The summed E-state index contributed by atoms with van der Waals surface area (Å²) in [6.07, 6.45) is 2.43. The van der Waals surface area contributed by atoms with Gasteiger partial charge in [0.1, 0.15) is 30.0 Å². The van der Waals surface area contributed by atoms with Crippen molar-refractivity contribution in [3.05, 3.63) is 77.4 Å². The maximum Gasteiger partial charge on any atom is 0.295 e. The molecule has 1 fully saturated rings. The molecule has 1 N–H and O–H groups in total. The van der Waals surface area contributed by atoms with Gasteiger partial charge in [0, 0.05) is 25.1 Å². The van der Waals surface area contributed by atoms with Gasteiger partial charge in [0.2, 0.25) is 0 Å². The van der Waals surface area contributed by atoms with Crippen molar-refractivity contribution in [3.63, 3.8) is 0 Å². The SMILES string of the molecule is C=CCOc1cccc([C@H]2C(=C(O)c3ccc4c(c3)C[C@@H](C)O4)C(=O)C(=O)N2CCN(C)C)c1. The van der Waals surface area contributed by atoms with Crippen LogP contribution in [0.15, 0.2) is 60.7 Å². The third-order valence-electron chi connectivity index (χ3n) is 6.04. The topological polar surface area (TPSA) is 79.3 Å². The van der Waals surface area contributed by atoms with Crippen LogP contribution in [0, 0.1) is 0 Å². The Bertz CT molecular complexity index is 1150. The van der Waals surface area contributed by atoms with Crippen molar-refractivity contribution in [1.82, 2.24) is 9.80 Å². The lowest BCUT2D eigenvalue weighted by molar-refractivity contribution is -0.140. The molecule has 1 amide bonds. The number of hydrogen-bond acceptors (Lipinski definition) is 6. The summed E-state index contributed by atoms with van der Waals surface area (Å²) in [5.74, 6) is -0.124. The quantitative estimate of drug-likeness (QED) is 0.280. The number of ether oxygens (including phenoxy) is 2. The molecule has 2 aliphatic rings. The fourth-order valence-corrected chi connectivity index (χ4v) is 4.42. The summed E-state index contributed by atoms with van der Waals surface area (Å²) in [4.78, 5) is 29.8. The van der Waals surface area contributed by atoms with Crippen molar-refractivity contribution in [1.29, 1.82) is 0 Å². The van der Waals surface area contributed by atoms with Gasteiger partial charge < -0.3 is 24.4 Å². The Morgan fingerprint density at radius 3 is 2.79 bits per heavy atom. The Morgan fingerprint density at radius 1 is 1.26 bits per heavy atom. The molecule has 0 spiro atoms. The van der Waals surface area contributed by atoms with Gasteiger partial charge in [-0.25, -0.2) is 0 Å². The smallest absolute Gasteiger partial charge is 0.295 e. The van der Waals surface area contributed by atoms with Gasteiger partial charge >= 0.3 is 0 Å². The molecule has 0 radical (unpaired) electrons. The molecule has 0 saturated carbocycles. The van der Waals surface area contributed by atoms with E-state index in [2.05, 4.69) is 6.58 Å². The molecule has 178 valence electrons. The summed E-state index contributed by atoms with van der Waals surface area (Å²) in [5, 5.41) is 11.3. The molecule has 0 unspecified atom stereocenters. The van der Waals surface area contributed by atoms with Crippen molar-refractivity contribution in [2.75, 3.05) is 33.8 Å². The summed E-state index contributed by atoms with van der Waals surface area (Å²) < 4.78 is 11.4. The van der Waals surface area contributed by atoms with Gasteiger partial charge in [-0.15, -0.1) is 0 Å². The van der Waals surface area contributed by atoms with Crippen LogP contribution in [0.5, 0.6) is 11.5 Å². The first-order valence-corrected chi connectivity index (χ1v) is 11.4. The zero-order valence-electron chi connectivity index (χ0n) is 19.8. The average Bonchev–Trinajstić information content (AvgIpc) is 3.31. The van der Waals surface area contributed by atoms with Crippen LogP contribution in [0.3, 0.4) is 0 Å². The van der Waals surface area contributed by atoms with E-state index in [1.165, 1.54) is 4.90 Å². The van der Waals surface area contributed by atoms with Crippen LogP contribution in [0.1, 0.15) is 29.7 Å². The Hall–Kier alpha value is -3.58. The summed E-state index contributed by atoms with van der Waals surface area (Å²) in [5.41, 5.74) is 2.23. The molecule has 2 heterocycles. The third-order valence-corrected chi connectivity index (χ3v) is 6.04. The molecule has 7 nitrogen and oxygen atoms in total. The van der Waals surface area contributed by atoms with E-state index in [9.17, 15) is 14.7 Å². The first-order chi connectivity index (χ1) is 16.3. The van der Waals surface area contributed by atoms with Gasteiger partial charge in [-0.3, -0.25) is 9.59 Å². The van der Waals surface area contributed by atoms with Crippen molar-refractivity contribution in [3.8, 4) is 11.5 Å². The van der Waals surface area contributed by atoms with Gasteiger partial charge in [-0.2, -0.15) is 0 Å². The van der Waals surface area contributed by atoms with Gasteiger partial charge in [-0.1, -0.05) is 24.8 Å². The summed E-state index contributed by atoms with van der Waals surface area (Å²) in [7, 11) is 3.81. The number of fused-ring (bicyclic) bond motifs is 1. The van der Waals surface area contributed by atoms with Crippen LogP contribution < -0.4 is 9.47 Å². The highest BCUT2D eigenvalue weighted by molar-refractivity contribution is 6.46. The first kappa shape index (κ1) is 23.6. The molecular formula is C27H30N2O5. The monoisotopic (exact) mass is 462 g/mol. The lowest BCUT2D eigenvalue weighted by atomic mass is 9.94. The van der Waals surface area contributed by atoms with E-state index in [1.807, 2.05) is 44.1 Å². The minimum absolute atomic E-state index is 0.0577. The van der Waals surface area contributed by atoms with E-state index in [1.54, 1.807) is 30.3 Å². The highest BCUT2D eigenvalue weighted by Gasteiger charge is 2.46. The number of benzene rings is 2.